The lowest BCUT2D eigenvalue weighted by atomic mass is 9.61. The molecule has 0 amide bonds. The van der Waals surface area contributed by atoms with Crippen molar-refractivity contribution < 1.29 is 20.1 Å². The molecule has 2 aliphatic carbocycles. The summed E-state index contributed by atoms with van der Waals surface area (Å²) >= 11 is 0. The van der Waals surface area contributed by atoms with E-state index in [1.54, 1.807) is 0 Å². The normalized spacial score (nSPS) is 51.5. The number of rotatable bonds is 4. The number of ether oxygens (including phenoxy) is 1. The molecule has 0 spiro atoms. The fourth-order valence-corrected chi connectivity index (χ4v) is 7.02. The quantitative estimate of drug-likeness (QED) is 0.460. The maximum absolute atomic E-state index is 11.1. The molecular weight excluding hydrogens is 370 g/mol. The van der Waals surface area contributed by atoms with Crippen molar-refractivity contribution in [3.8, 4) is 0 Å². The topological polar surface area (TPSA) is 97.2 Å². The van der Waals surface area contributed by atoms with Gasteiger partial charge in [-0.3, -0.25) is 10.2 Å². The van der Waals surface area contributed by atoms with Crippen molar-refractivity contribution >= 4 is 0 Å². The van der Waals surface area contributed by atoms with Crippen LogP contribution in [0.3, 0.4) is 0 Å². The van der Waals surface area contributed by atoms with Gasteiger partial charge in [-0.25, -0.2) is 0 Å². The van der Waals surface area contributed by atoms with E-state index in [1.807, 2.05) is 0 Å². The minimum Gasteiger partial charge on any atom is -0.390 e. The van der Waals surface area contributed by atoms with Crippen molar-refractivity contribution in [3.05, 3.63) is 0 Å². The standard InChI is InChI=1S/C22H39N3O4/c1-11(2)16-15-7-8-25(21(15)24-10-23-16)22-19(28)18(27)20(29-22)17(26)14-6-4-12-3-5-13(12)9-14/h11-24,26-28H,3-10H2,1-2H3/t12?,13?,14?,15?,16?,17-,18+,19-,20-,21?,22-/m1/s1. The van der Waals surface area contributed by atoms with E-state index in [2.05, 4.69) is 29.4 Å². The zero-order valence-corrected chi connectivity index (χ0v) is 17.8. The number of likely N-dealkylation sites (tertiary alicyclic amines) is 1. The first kappa shape index (κ1) is 20.6. The molecule has 7 heteroatoms. The molecule has 7 nitrogen and oxygen atoms in total. The fraction of sp³-hybridized carbons (Fsp3) is 1.00. The molecule has 0 radical (unpaired) electrons. The summed E-state index contributed by atoms with van der Waals surface area (Å²) in [5.74, 6) is 2.77. The van der Waals surface area contributed by atoms with Gasteiger partial charge in [-0.2, -0.15) is 0 Å². The third kappa shape index (κ3) is 3.47. The van der Waals surface area contributed by atoms with Gasteiger partial charge in [0.15, 0.2) is 0 Å². The Balaban J connectivity index is 1.26. The predicted octanol–water partition coefficient (Wildman–Crippen LogP) is 0.443. The Morgan fingerprint density at radius 3 is 2.41 bits per heavy atom. The fourth-order valence-electron chi connectivity index (χ4n) is 7.02. The highest BCUT2D eigenvalue weighted by atomic mass is 16.6. The Kier molecular flexibility index (Phi) is 5.69. The maximum atomic E-state index is 11.1. The second-order valence-corrected chi connectivity index (χ2v) is 10.6. The molecular formula is C22H39N3O4. The Morgan fingerprint density at radius 1 is 0.966 bits per heavy atom. The van der Waals surface area contributed by atoms with E-state index >= 15 is 0 Å². The van der Waals surface area contributed by atoms with Crippen LogP contribution in [-0.2, 0) is 4.74 Å². The van der Waals surface area contributed by atoms with Crippen LogP contribution in [0.5, 0.6) is 0 Å². The minimum atomic E-state index is -1.03. The highest BCUT2D eigenvalue weighted by Crippen LogP contribution is 2.48. The van der Waals surface area contributed by atoms with Gasteiger partial charge in [0.1, 0.15) is 24.5 Å². The largest absolute Gasteiger partial charge is 0.390 e. The molecule has 0 bridgehead atoms. The monoisotopic (exact) mass is 409 g/mol. The summed E-state index contributed by atoms with van der Waals surface area (Å²) in [7, 11) is 0. The minimum absolute atomic E-state index is 0.136. The molecule has 5 rings (SSSR count). The molecule has 166 valence electrons. The molecule has 5 aliphatic rings. The van der Waals surface area contributed by atoms with Gasteiger partial charge in [-0.15, -0.1) is 0 Å². The third-order valence-electron chi connectivity index (χ3n) is 8.82. The molecule has 3 heterocycles. The molecule has 3 aliphatic heterocycles. The van der Waals surface area contributed by atoms with Gasteiger partial charge in [0.25, 0.3) is 0 Å². The van der Waals surface area contributed by atoms with Crippen LogP contribution in [0.1, 0.15) is 52.4 Å². The van der Waals surface area contributed by atoms with Crippen molar-refractivity contribution in [2.45, 2.75) is 95.2 Å². The van der Waals surface area contributed by atoms with Crippen LogP contribution in [0.15, 0.2) is 0 Å². The summed E-state index contributed by atoms with van der Waals surface area (Å²) in [5, 5.41) is 39.8. The van der Waals surface area contributed by atoms with Gasteiger partial charge in [-0.1, -0.05) is 13.8 Å². The number of fused-ring (bicyclic) bond motifs is 2. The van der Waals surface area contributed by atoms with Gasteiger partial charge in [0.05, 0.1) is 12.3 Å². The molecule has 0 aromatic heterocycles. The zero-order chi connectivity index (χ0) is 20.3. The lowest BCUT2D eigenvalue weighted by Gasteiger charge is -2.46. The summed E-state index contributed by atoms with van der Waals surface area (Å²) in [5.41, 5.74) is 0. The molecule has 5 N–H and O–H groups in total. The summed E-state index contributed by atoms with van der Waals surface area (Å²) < 4.78 is 6.23. The van der Waals surface area contributed by atoms with E-state index < -0.39 is 30.6 Å². The van der Waals surface area contributed by atoms with E-state index in [9.17, 15) is 15.3 Å². The SMILES string of the molecule is CC(C)C1NCNC2C1CCN2[C@@H]1O[C@H]([C@H](O)C2CCC3CCC3C2)[C@@H](O)[C@H]1O. The summed E-state index contributed by atoms with van der Waals surface area (Å²) in [4.78, 5) is 2.18. The van der Waals surface area contributed by atoms with E-state index in [0.29, 0.717) is 17.9 Å². The average molecular weight is 410 g/mol. The smallest absolute Gasteiger partial charge is 0.141 e. The van der Waals surface area contributed by atoms with Crippen molar-refractivity contribution in [3.63, 3.8) is 0 Å². The number of nitrogens with zero attached hydrogens (tertiary/aromatic N) is 1. The number of nitrogens with one attached hydrogen (secondary N) is 2. The second kappa shape index (κ2) is 8.01. The second-order valence-electron chi connectivity index (χ2n) is 10.6. The van der Waals surface area contributed by atoms with Crippen LogP contribution in [0.2, 0.25) is 0 Å². The maximum Gasteiger partial charge on any atom is 0.141 e. The van der Waals surface area contributed by atoms with Crippen molar-refractivity contribution in [1.82, 2.24) is 15.5 Å². The Morgan fingerprint density at radius 2 is 1.72 bits per heavy atom. The van der Waals surface area contributed by atoms with E-state index in [4.69, 9.17) is 4.74 Å². The first-order valence-electron chi connectivity index (χ1n) is 11.9. The van der Waals surface area contributed by atoms with Crippen molar-refractivity contribution in [2.75, 3.05) is 13.2 Å². The molecule has 0 aromatic carbocycles. The molecule has 6 unspecified atom stereocenters. The lowest BCUT2D eigenvalue weighted by molar-refractivity contribution is -0.142. The summed E-state index contributed by atoms with van der Waals surface area (Å²) in [6.45, 7) is 6.06. The lowest BCUT2D eigenvalue weighted by Crippen LogP contribution is -2.63. The number of hydrogen-bond donors (Lipinski definition) is 5. The van der Waals surface area contributed by atoms with Crippen LogP contribution in [0.4, 0.5) is 0 Å². The molecule has 2 saturated carbocycles. The first-order valence-corrected chi connectivity index (χ1v) is 11.9. The number of aliphatic hydroxyl groups excluding tert-OH is 3. The number of hydrogen-bond acceptors (Lipinski definition) is 7. The van der Waals surface area contributed by atoms with Crippen LogP contribution in [-0.4, -0.2) is 76.3 Å². The highest BCUT2D eigenvalue weighted by molar-refractivity contribution is 5.03. The molecule has 5 fully saturated rings. The van der Waals surface area contributed by atoms with Crippen LogP contribution >= 0.6 is 0 Å². The highest BCUT2D eigenvalue weighted by Gasteiger charge is 2.54. The third-order valence-corrected chi connectivity index (χ3v) is 8.82. The number of aliphatic hydroxyl groups is 3. The van der Waals surface area contributed by atoms with Crippen LogP contribution in [0.25, 0.3) is 0 Å². The first-order chi connectivity index (χ1) is 14.0. The predicted molar refractivity (Wildman–Crippen MR) is 109 cm³/mol. The van der Waals surface area contributed by atoms with Gasteiger partial charge in [-0.05, 0) is 62.2 Å². The zero-order valence-electron chi connectivity index (χ0n) is 17.8. The van der Waals surface area contributed by atoms with Gasteiger partial charge >= 0.3 is 0 Å². The van der Waals surface area contributed by atoms with Gasteiger partial charge in [0, 0.05) is 25.2 Å². The van der Waals surface area contributed by atoms with E-state index in [0.717, 1.165) is 44.3 Å². The van der Waals surface area contributed by atoms with Crippen molar-refractivity contribution in [2.24, 2.45) is 29.6 Å². The molecule has 11 atom stereocenters. The van der Waals surface area contributed by atoms with Crippen molar-refractivity contribution in [1.29, 1.82) is 0 Å². The van der Waals surface area contributed by atoms with Crippen LogP contribution < -0.4 is 10.6 Å². The van der Waals surface area contributed by atoms with Crippen LogP contribution in [0, 0.1) is 29.6 Å². The average Bonchev–Trinajstić information content (AvgIpc) is 3.23. The molecule has 0 aromatic rings. The van der Waals surface area contributed by atoms with E-state index in [1.165, 1.54) is 19.3 Å². The molecule has 29 heavy (non-hydrogen) atoms. The van der Waals surface area contributed by atoms with E-state index in [-0.39, 0.29) is 12.1 Å². The summed E-state index contributed by atoms with van der Waals surface area (Å²) in [6, 6.07) is 0.439. The van der Waals surface area contributed by atoms with Gasteiger partial charge < -0.3 is 25.4 Å². The Bertz CT molecular complexity index is 592. The summed E-state index contributed by atoms with van der Waals surface area (Å²) in [6.07, 6.45) is 3.05. The Labute approximate surface area is 174 Å². The Hall–Kier alpha value is -0.280. The van der Waals surface area contributed by atoms with Gasteiger partial charge in [0.2, 0.25) is 0 Å². The molecule has 3 saturated heterocycles.